The lowest BCUT2D eigenvalue weighted by atomic mass is 10.2. The molecule has 0 saturated carbocycles. The van der Waals surface area contributed by atoms with Crippen molar-refractivity contribution in [2.75, 3.05) is 18.5 Å². The molecule has 0 radical (unpaired) electrons. The van der Waals surface area contributed by atoms with Crippen molar-refractivity contribution in [3.63, 3.8) is 0 Å². The molecule has 0 spiro atoms. The highest BCUT2D eigenvalue weighted by molar-refractivity contribution is 7.80. The molecule has 0 bridgehead atoms. The molecule has 0 aromatic heterocycles. The first-order chi connectivity index (χ1) is 10.6. The van der Waals surface area contributed by atoms with Gasteiger partial charge in [0.2, 0.25) is 0 Å². The Balaban J connectivity index is 1.78. The summed E-state index contributed by atoms with van der Waals surface area (Å²) in [5.41, 5.74) is 0.979. The van der Waals surface area contributed by atoms with Crippen molar-refractivity contribution in [1.82, 2.24) is 4.90 Å². The molecule has 0 amide bonds. The van der Waals surface area contributed by atoms with Gasteiger partial charge in [0.25, 0.3) is 0 Å². The maximum atomic E-state index is 13.9. The smallest absolute Gasteiger partial charge is 0.175 e. The van der Waals surface area contributed by atoms with E-state index in [1.807, 2.05) is 0 Å². The van der Waals surface area contributed by atoms with Crippen LogP contribution in [0.3, 0.4) is 0 Å². The second-order valence-electron chi connectivity index (χ2n) is 4.88. The summed E-state index contributed by atoms with van der Waals surface area (Å²) in [6.45, 7) is 0.990. The molecule has 2 aromatic rings. The third-order valence-electron chi connectivity index (χ3n) is 3.40. The first-order valence-electron chi connectivity index (χ1n) is 6.84. The Bertz CT molecular complexity index is 695. The SMILES string of the molecule is Fc1cccc(NC(=S)N2CCOC2c2ccccc2F)c1. The molecule has 1 heterocycles. The molecule has 2 aromatic carbocycles. The van der Waals surface area contributed by atoms with E-state index in [2.05, 4.69) is 5.32 Å². The molecular weight excluding hydrogens is 306 g/mol. The van der Waals surface area contributed by atoms with Crippen LogP contribution >= 0.6 is 12.2 Å². The van der Waals surface area contributed by atoms with Gasteiger partial charge in [-0.15, -0.1) is 0 Å². The van der Waals surface area contributed by atoms with Crippen LogP contribution in [-0.4, -0.2) is 23.2 Å². The number of nitrogens with one attached hydrogen (secondary N) is 1. The molecule has 3 nitrogen and oxygen atoms in total. The highest BCUT2D eigenvalue weighted by atomic mass is 32.1. The number of rotatable bonds is 2. The van der Waals surface area contributed by atoms with Gasteiger partial charge in [-0.25, -0.2) is 8.78 Å². The molecule has 1 aliphatic rings. The molecule has 1 unspecified atom stereocenters. The van der Waals surface area contributed by atoms with E-state index in [-0.39, 0.29) is 11.6 Å². The maximum Gasteiger partial charge on any atom is 0.175 e. The predicted octanol–water partition coefficient (Wildman–Crippen LogP) is 3.69. The van der Waals surface area contributed by atoms with Gasteiger partial charge in [-0.05, 0) is 36.5 Å². The third kappa shape index (κ3) is 3.08. The van der Waals surface area contributed by atoms with Crippen molar-refractivity contribution in [1.29, 1.82) is 0 Å². The largest absolute Gasteiger partial charge is 0.352 e. The first kappa shape index (κ1) is 14.9. The van der Waals surface area contributed by atoms with E-state index < -0.39 is 6.23 Å². The molecule has 1 fully saturated rings. The summed E-state index contributed by atoms with van der Waals surface area (Å²) in [6.07, 6.45) is -0.574. The van der Waals surface area contributed by atoms with E-state index in [4.69, 9.17) is 17.0 Å². The van der Waals surface area contributed by atoms with E-state index in [0.29, 0.717) is 29.5 Å². The number of anilines is 1. The fourth-order valence-corrected chi connectivity index (χ4v) is 2.68. The van der Waals surface area contributed by atoms with Crippen LogP contribution in [0.5, 0.6) is 0 Å². The number of hydrogen-bond donors (Lipinski definition) is 1. The van der Waals surface area contributed by atoms with Gasteiger partial charge < -0.3 is 15.0 Å². The lowest BCUT2D eigenvalue weighted by Gasteiger charge is -2.26. The van der Waals surface area contributed by atoms with Crippen LogP contribution in [0.2, 0.25) is 0 Å². The minimum atomic E-state index is -0.574. The van der Waals surface area contributed by atoms with Crippen LogP contribution in [0.15, 0.2) is 48.5 Å². The van der Waals surface area contributed by atoms with E-state index in [1.165, 1.54) is 18.2 Å². The molecule has 0 aliphatic carbocycles. The fraction of sp³-hybridized carbons (Fsp3) is 0.188. The van der Waals surface area contributed by atoms with Gasteiger partial charge in [0.1, 0.15) is 11.6 Å². The van der Waals surface area contributed by atoms with Crippen LogP contribution in [0.1, 0.15) is 11.8 Å². The van der Waals surface area contributed by atoms with E-state index in [0.717, 1.165) is 0 Å². The molecular formula is C16H14F2N2OS. The Labute approximate surface area is 132 Å². The second kappa shape index (κ2) is 6.37. The van der Waals surface area contributed by atoms with Gasteiger partial charge in [0, 0.05) is 17.8 Å². The second-order valence-corrected chi connectivity index (χ2v) is 5.27. The van der Waals surface area contributed by atoms with Crippen molar-refractivity contribution < 1.29 is 13.5 Å². The number of benzene rings is 2. The van der Waals surface area contributed by atoms with Crippen molar-refractivity contribution in [3.8, 4) is 0 Å². The maximum absolute atomic E-state index is 13.9. The summed E-state index contributed by atoms with van der Waals surface area (Å²) < 4.78 is 32.8. The molecule has 1 saturated heterocycles. The average Bonchev–Trinajstić information content (AvgIpc) is 2.97. The van der Waals surface area contributed by atoms with Crippen LogP contribution in [-0.2, 0) is 4.74 Å². The lowest BCUT2D eigenvalue weighted by molar-refractivity contribution is 0.0612. The van der Waals surface area contributed by atoms with Crippen LogP contribution < -0.4 is 5.32 Å². The van der Waals surface area contributed by atoms with E-state index in [1.54, 1.807) is 35.2 Å². The number of nitrogens with zero attached hydrogens (tertiary/aromatic N) is 1. The zero-order valence-electron chi connectivity index (χ0n) is 11.6. The van der Waals surface area contributed by atoms with Crippen LogP contribution in [0.4, 0.5) is 14.5 Å². The van der Waals surface area contributed by atoms with Crippen LogP contribution in [0, 0.1) is 11.6 Å². The first-order valence-corrected chi connectivity index (χ1v) is 7.25. The lowest BCUT2D eigenvalue weighted by Crippen LogP contribution is -2.35. The Morgan fingerprint density at radius 2 is 2.00 bits per heavy atom. The summed E-state index contributed by atoms with van der Waals surface area (Å²) in [5.74, 6) is -0.691. The Morgan fingerprint density at radius 3 is 2.77 bits per heavy atom. The van der Waals surface area contributed by atoms with Gasteiger partial charge in [-0.3, -0.25) is 0 Å². The minimum absolute atomic E-state index is 0.340. The van der Waals surface area contributed by atoms with Crippen molar-refractivity contribution in [2.24, 2.45) is 0 Å². The zero-order chi connectivity index (χ0) is 15.5. The highest BCUT2D eigenvalue weighted by Crippen LogP contribution is 2.29. The van der Waals surface area contributed by atoms with Gasteiger partial charge in [-0.1, -0.05) is 24.3 Å². The fourth-order valence-electron chi connectivity index (χ4n) is 2.37. The van der Waals surface area contributed by atoms with Gasteiger partial charge in [-0.2, -0.15) is 0 Å². The minimum Gasteiger partial charge on any atom is -0.352 e. The normalized spacial score (nSPS) is 17.5. The van der Waals surface area contributed by atoms with E-state index in [9.17, 15) is 8.78 Å². The summed E-state index contributed by atoms with van der Waals surface area (Å²) in [5, 5.41) is 3.33. The van der Waals surface area contributed by atoms with E-state index >= 15 is 0 Å². The summed E-state index contributed by atoms with van der Waals surface area (Å²) in [7, 11) is 0. The Kier molecular flexibility index (Phi) is 4.31. The topological polar surface area (TPSA) is 24.5 Å². The Hall–Kier alpha value is -2.05. The quantitative estimate of drug-likeness (QED) is 0.853. The Morgan fingerprint density at radius 1 is 1.18 bits per heavy atom. The molecule has 3 rings (SSSR count). The average molecular weight is 320 g/mol. The van der Waals surface area contributed by atoms with Gasteiger partial charge in [0.05, 0.1) is 6.61 Å². The summed E-state index contributed by atoms with van der Waals surface area (Å²) in [6, 6.07) is 12.4. The predicted molar refractivity (Wildman–Crippen MR) is 84.4 cm³/mol. The van der Waals surface area contributed by atoms with Crippen molar-refractivity contribution in [3.05, 3.63) is 65.7 Å². The van der Waals surface area contributed by atoms with Crippen molar-refractivity contribution in [2.45, 2.75) is 6.23 Å². The number of halogens is 2. The zero-order valence-corrected chi connectivity index (χ0v) is 12.4. The standard InChI is InChI=1S/C16H14F2N2OS/c17-11-4-3-5-12(10-11)19-16(22)20-8-9-21-15(20)13-6-1-2-7-14(13)18/h1-7,10,15H,8-9H2,(H,19,22). The van der Waals surface area contributed by atoms with Gasteiger partial charge in [0.15, 0.2) is 11.3 Å². The summed E-state index contributed by atoms with van der Waals surface area (Å²) in [4.78, 5) is 1.75. The van der Waals surface area contributed by atoms with Gasteiger partial charge >= 0.3 is 0 Å². The summed E-state index contributed by atoms with van der Waals surface area (Å²) >= 11 is 5.35. The van der Waals surface area contributed by atoms with Crippen LogP contribution in [0.25, 0.3) is 0 Å². The number of thiocarbonyl (C=S) groups is 1. The third-order valence-corrected chi connectivity index (χ3v) is 3.74. The highest BCUT2D eigenvalue weighted by Gasteiger charge is 2.30. The molecule has 1 aliphatic heterocycles. The molecule has 6 heteroatoms. The number of ether oxygens (including phenoxy) is 1. The monoisotopic (exact) mass is 320 g/mol. The molecule has 114 valence electrons. The molecule has 1 atom stereocenters. The molecule has 22 heavy (non-hydrogen) atoms. The number of hydrogen-bond acceptors (Lipinski definition) is 2. The van der Waals surface area contributed by atoms with Crippen molar-refractivity contribution >= 4 is 23.0 Å². The molecule has 1 N–H and O–H groups in total.